The van der Waals surface area contributed by atoms with E-state index in [1.807, 2.05) is 36.4 Å². The smallest absolute Gasteiger partial charge is 0.263 e. The van der Waals surface area contributed by atoms with Gasteiger partial charge in [-0.2, -0.15) is 0 Å². The predicted octanol–water partition coefficient (Wildman–Crippen LogP) is 4.10. The zero-order chi connectivity index (χ0) is 17.7. The summed E-state index contributed by atoms with van der Waals surface area (Å²) in [5.74, 6) is 0. The van der Waals surface area contributed by atoms with Gasteiger partial charge < -0.3 is 0 Å². The van der Waals surface area contributed by atoms with Crippen LogP contribution < -0.4 is 4.72 Å². The van der Waals surface area contributed by atoms with Gasteiger partial charge in [0.1, 0.15) is 10.0 Å². The monoisotopic (exact) mass is 371 g/mol. The molecule has 126 valence electrons. The summed E-state index contributed by atoms with van der Waals surface area (Å²) < 4.78 is 27.3. The van der Waals surface area contributed by atoms with Crippen molar-refractivity contribution in [1.29, 1.82) is 0 Å². The van der Waals surface area contributed by atoms with Crippen LogP contribution in [0, 0.1) is 0 Å². The number of pyridine rings is 2. The molecule has 2 heterocycles. The first-order valence-corrected chi connectivity index (χ1v) is 9.23. The average molecular weight is 372 g/mol. The molecule has 0 aliphatic carbocycles. The van der Waals surface area contributed by atoms with Crippen LogP contribution in [0.1, 0.15) is 11.3 Å². The fraction of sp³-hybridized carbons (Fsp3) is 0. The molecule has 7 heteroatoms. The Kier molecular flexibility index (Phi) is 5.11. The van der Waals surface area contributed by atoms with Crippen molar-refractivity contribution in [2.24, 2.45) is 0 Å². The number of halogens is 1. The molecule has 0 spiro atoms. The molecule has 2 aromatic heterocycles. The van der Waals surface area contributed by atoms with Gasteiger partial charge in [0.25, 0.3) is 10.0 Å². The van der Waals surface area contributed by atoms with Crippen molar-refractivity contribution in [2.75, 3.05) is 4.72 Å². The van der Waals surface area contributed by atoms with Crippen LogP contribution in [-0.4, -0.2) is 18.4 Å². The summed E-state index contributed by atoms with van der Waals surface area (Å²) in [5.41, 5.74) is 2.12. The molecule has 0 radical (unpaired) electrons. The number of nitrogens with zero attached hydrogens (tertiary/aromatic N) is 2. The molecule has 0 saturated heterocycles. The van der Waals surface area contributed by atoms with E-state index in [0.29, 0.717) is 5.69 Å². The van der Waals surface area contributed by atoms with Gasteiger partial charge in [0.05, 0.1) is 5.69 Å². The third-order valence-electron chi connectivity index (χ3n) is 3.28. The van der Waals surface area contributed by atoms with Crippen LogP contribution in [0.15, 0.2) is 71.9 Å². The third kappa shape index (κ3) is 4.65. The van der Waals surface area contributed by atoms with E-state index in [0.717, 1.165) is 11.3 Å². The van der Waals surface area contributed by atoms with Crippen molar-refractivity contribution < 1.29 is 8.42 Å². The number of rotatable bonds is 5. The van der Waals surface area contributed by atoms with Gasteiger partial charge in [0.15, 0.2) is 0 Å². The second kappa shape index (κ2) is 7.46. The highest BCUT2D eigenvalue weighted by Crippen LogP contribution is 2.18. The predicted molar refractivity (Wildman–Crippen MR) is 99.7 cm³/mol. The molecule has 1 aromatic carbocycles. The van der Waals surface area contributed by atoms with Crippen molar-refractivity contribution in [2.45, 2.75) is 4.90 Å². The zero-order valence-electron chi connectivity index (χ0n) is 13.0. The highest BCUT2D eigenvalue weighted by Gasteiger charge is 2.14. The van der Waals surface area contributed by atoms with Gasteiger partial charge in [-0.1, -0.05) is 35.9 Å². The van der Waals surface area contributed by atoms with Gasteiger partial charge in [0.2, 0.25) is 0 Å². The molecule has 3 rings (SSSR count). The highest BCUT2D eigenvalue weighted by molar-refractivity contribution is 7.92. The van der Waals surface area contributed by atoms with E-state index < -0.39 is 10.0 Å². The van der Waals surface area contributed by atoms with Crippen LogP contribution in [0.25, 0.3) is 12.2 Å². The minimum absolute atomic E-state index is 0.0475. The average Bonchev–Trinajstić information content (AvgIpc) is 2.61. The fourth-order valence-electron chi connectivity index (χ4n) is 2.10. The summed E-state index contributed by atoms with van der Waals surface area (Å²) >= 11 is 5.69. The van der Waals surface area contributed by atoms with Crippen LogP contribution in [0.4, 0.5) is 5.69 Å². The summed E-state index contributed by atoms with van der Waals surface area (Å²) in [6, 6.07) is 15.5. The Hall–Kier alpha value is -2.70. The molecule has 25 heavy (non-hydrogen) atoms. The van der Waals surface area contributed by atoms with E-state index in [1.165, 1.54) is 18.3 Å². The first kappa shape index (κ1) is 17.1. The first-order valence-electron chi connectivity index (χ1n) is 7.36. The Morgan fingerprint density at radius 2 is 1.84 bits per heavy atom. The van der Waals surface area contributed by atoms with E-state index >= 15 is 0 Å². The van der Waals surface area contributed by atoms with Crippen LogP contribution in [0.5, 0.6) is 0 Å². The molecule has 0 saturated carbocycles. The molecule has 0 bridgehead atoms. The number of anilines is 1. The molecule has 0 atom stereocenters. The van der Waals surface area contributed by atoms with Gasteiger partial charge in [-0.25, -0.2) is 13.4 Å². The van der Waals surface area contributed by atoms with Gasteiger partial charge in [-0.05, 0) is 48.0 Å². The molecule has 0 fully saturated rings. The molecular formula is C18H14ClN3O2S. The lowest BCUT2D eigenvalue weighted by atomic mass is 10.2. The van der Waals surface area contributed by atoms with Crippen LogP contribution >= 0.6 is 11.6 Å². The Labute approximate surface area is 151 Å². The van der Waals surface area contributed by atoms with Gasteiger partial charge >= 0.3 is 0 Å². The molecule has 3 aromatic rings. The number of aromatic nitrogens is 2. The van der Waals surface area contributed by atoms with Crippen LogP contribution in [-0.2, 0) is 10.0 Å². The number of nitrogens with one attached hydrogen (secondary N) is 1. The zero-order valence-corrected chi connectivity index (χ0v) is 14.6. The van der Waals surface area contributed by atoms with E-state index in [-0.39, 0.29) is 10.0 Å². The van der Waals surface area contributed by atoms with E-state index in [1.54, 1.807) is 24.4 Å². The molecule has 0 aliphatic rings. The van der Waals surface area contributed by atoms with Crippen molar-refractivity contribution in [3.8, 4) is 0 Å². The standard InChI is InChI=1S/C18H14ClN3O2S/c19-18-10-9-17(13-21-18)25(23,24)22-16-6-3-4-14(12-16)7-8-15-5-1-2-11-20-15/h1-13,22H/b8-7+. The maximum atomic E-state index is 12.4. The lowest BCUT2D eigenvalue weighted by Crippen LogP contribution is -2.13. The van der Waals surface area contributed by atoms with E-state index in [9.17, 15) is 8.42 Å². The lowest BCUT2D eigenvalue weighted by Gasteiger charge is -2.08. The molecule has 0 amide bonds. The van der Waals surface area contributed by atoms with Crippen LogP contribution in [0.2, 0.25) is 5.15 Å². The quantitative estimate of drug-likeness (QED) is 0.685. The largest absolute Gasteiger partial charge is 0.280 e. The first-order chi connectivity index (χ1) is 12.0. The van der Waals surface area contributed by atoms with E-state index in [2.05, 4.69) is 14.7 Å². The Balaban J connectivity index is 1.79. The maximum absolute atomic E-state index is 12.4. The van der Waals surface area contributed by atoms with Crippen molar-refractivity contribution in [3.63, 3.8) is 0 Å². The maximum Gasteiger partial charge on any atom is 0.263 e. The SMILES string of the molecule is O=S(=O)(Nc1cccc(/C=C/c2ccccn2)c1)c1ccc(Cl)nc1. The number of hydrogen-bond acceptors (Lipinski definition) is 4. The highest BCUT2D eigenvalue weighted by atomic mass is 35.5. The molecule has 1 N–H and O–H groups in total. The minimum Gasteiger partial charge on any atom is -0.280 e. The van der Waals surface area contributed by atoms with Crippen LogP contribution in [0.3, 0.4) is 0 Å². The van der Waals surface area contributed by atoms with E-state index in [4.69, 9.17) is 11.6 Å². The second-order valence-electron chi connectivity index (χ2n) is 5.14. The number of benzene rings is 1. The second-order valence-corrected chi connectivity index (χ2v) is 7.21. The van der Waals surface area contributed by atoms with Crippen molar-refractivity contribution in [1.82, 2.24) is 9.97 Å². The van der Waals surface area contributed by atoms with Crippen molar-refractivity contribution in [3.05, 3.63) is 83.4 Å². The summed E-state index contributed by atoms with van der Waals surface area (Å²) in [4.78, 5) is 8.05. The van der Waals surface area contributed by atoms with Gasteiger partial charge in [0, 0.05) is 18.1 Å². The summed E-state index contributed by atoms with van der Waals surface area (Å²) in [7, 11) is -3.72. The van der Waals surface area contributed by atoms with Gasteiger partial charge in [-0.3, -0.25) is 9.71 Å². The normalized spacial score (nSPS) is 11.6. The molecule has 0 unspecified atom stereocenters. The molecule has 0 aliphatic heterocycles. The summed E-state index contributed by atoms with van der Waals surface area (Å²) in [6.07, 6.45) is 6.65. The Morgan fingerprint density at radius 1 is 0.960 bits per heavy atom. The number of sulfonamides is 1. The lowest BCUT2D eigenvalue weighted by molar-refractivity contribution is 0.601. The molecular weight excluding hydrogens is 358 g/mol. The summed E-state index contributed by atoms with van der Waals surface area (Å²) in [5, 5.41) is 0.237. The fourth-order valence-corrected chi connectivity index (χ4v) is 3.20. The third-order valence-corrected chi connectivity index (χ3v) is 4.87. The summed E-state index contributed by atoms with van der Waals surface area (Å²) in [6.45, 7) is 0. The topological polar surface area (TPSA) is 72.0 Å². The number of hydrogen-bond donors (Lipinski definition) is 1. The molecule has 5 nitrogen and oxygen atoms in total. The Bertz CT molecular complexity index is 988. The Morgan fingerprint density at radius 3 is 2.56 bits per heavy atom. The van der Waals surface area contributed by atoms with Gasteiger partial charge in [-0.15, -0.1) is 0 Å². The van der Waals surface area contributed by atoms with Crippen molar-refractivity contribution >= 4 is 39.5 Å². The minimum atomic E-state index is -3.72.